The first-order valence-electron chi connectivity index (χ1n) is 30.7. The van der Waals surface area contributed by atoms with Gasteiger partial charge >= 0.3 is 0 Å². The van der Waals surface area contributed by atoms with E-state index in [0.29, 0.717) is 54.1 Å². The zero-order valence-electron chi connectivity index (χ0n) is 60.5. The van der Waals surface area contributed by atoms with Crippen LogP contribution in [0, 0.1) is 71.9 Å². The fourth-order valence-corrected chi connectivity index (χ4v) is 5.13. The SMILES string of the molecule is CC(C)(C)C.CC(C)(C)CCCN.CC(C)(C)CN.CC(C)(C)Cc1ccccc1.CC(C)C(C)(C)C.CC(C)CC(C)(C)C.CCC(C)(C)C.CCC(C)C(C)(C)C.CCCC(C)(C)C.CCCCC(C)(C)C. The fraction of sp³-hybridized carbons (Fsp3) is 0.917. The zero-order chi connectivity index (χ0) is 62.0. The first kappa shape index (κ1) is 92.5. The molecule has 0 heterocycles. The van der Waals surface area contributed by atoms with Crippen LogP contribution in [0.3, 0.4) is 0 Å². The molecule has 1 rings (SSSR count). The summed E-state index contributed by atoms with van der Waals surface area (Å²) in [4.78, 5) is 0. The Kier molecular flexibility index (Phi) is 57.4. The molecular weight excluding hydrogens is 893 g/mol. The van der Waals surface area contributed by atoms with Crippen molar-refractivity contribution < 1.29 is 0 Å². The van der Waals surface area contributed by atoms with Crippen molar-refractivity contribution in [3.05, 3.63) is 35.9 Å². The monoisotopic (exact) mass is 1050 g/mol. The van der Waals surface area contributed by atoms with E-state index in [-0.39, 0.29) is 0 Å². The Balaban J connectivity index is -0.0000000913. The van der Waals surface area contributed by atoms with Gasteiger partial charge in [-0.3, -0.25) is 0 Å². The minimum atomic E-state index is 0.319. The maximum Gasteiger partial charge on any atom is -0.00285 e. The second-order valence-electron chi connectivity index (χ2n) is 34.7. The Hall–Kier alpha value is -0.860. The first-order chi connectivity index (χ1) is 32.2. The molecule has 1 aromatic carbocycles. The van der Waals surface area contributed by atoms with Gasteiger partial charge in [0.15, 0.2) is 0 Å². The van der Waals surface area contributed by atoms with E-state index >= 15 is 0 Å². The summed E-state index contributed by atoms with van der Waals surface area (Å²) in [6.07, 6.45) is 14.2. The van der Waals surface area contributed by atoms with Gasteiger partial charge < -0.3 is 11.5 Å². The van der Waals surface area contributed by atoms with E-state index in [0.717, 1.165) is 43.7 Å². The Bertz CT molecular complexity index is 1190. The van der Waals surface area contributed by atoms with Gasteiger partial charge in [0, 0.05) is 0 Å². The van der Waals surface area contributed by atoms with Crippen molar-refractivity contribution in [2.24, 2.45) is 83.4 Å². The molecule has 0 radical (unpaired) electrons. The zero-order valence-corrected chi connectivity index (χ0v) is 60.5. The lowest BCUT2D eigenvalue weighted by Gasteiger charge is -2.25. The summed E-state index contributed by atoms with van der Waals surface area (Å²) in [5.41, 5.74) is 16.9. The standard InChI is InChI=1S/C11H16.3C8H18.C7H17N.2C7H16.C6H14.C5H13N.C5H12/c1-11(2,3)9-10-7-5-4-6-8-10;1-7(2)6-8(3,4)5;1-6-7(2)8(3,4)5;1-5-6-7-8(2,3)4;1-7(2,3)5-4-6-8;1-6(2)7(3,4)5;1-5-6-7(2,3)4;1-5-6(2,3)4;1-5(2,3)4-6;1-5(2,3)4/h4-8H,9H2,1-3H3;2*7H,6H2,1-5H3;5-7H2,1-4H3;4-6,8H2,1-3H3;6H,1-5H3;5-6H2,1-4H3;5H2,1-4H3;4,6H2,1-3H3;1-4H3. The Morgan fingerprint density at radius 3 is 0.797 bits per heavy atom. The number of hydrogen-bond donors (Lipinski definition) is 2. The summed E-state index contributed by atoms with van der Waals surface area (Å²) in [5, 5.41) is 0. The van der Waals surface area contributed by atoms with Crippen LogP contribution in [0.2, 0.25) is 0 Å². The molecule has 74 heavy (non-hydrogen) atoms. The van der Waals surface area contributed by atoms with Crippen LogP contribution in [0.1, 0.15) is 347 Å². The molecule has 0 spiro atoms. The van der Waals surface area contributed by atoms with Crippen LogP contribution in [0.25, 0.3) is 0 Å². The van der Waals surface area contributed by atoms with E-state index in [4.69, 9.17) is 11.5 Å². The van der Waals surface area contributed by atoms with Gasteiger partial charge in [0.25, 0.3) is 0 Å². The van der Waals surface area contributed by atoms with Crippen LogP contribution < -0.4 is 11.5 Å². The molecule has 0 aliphatic heterocycles. The Morgan fingerprint density at radius 2 is 0.703 bits per heavy atom. The highest BCUT2D eigenvalue weighted by Crippen LogP contribution is 2.28. The molecule has 456 valence electrons. The molecule has 0 amide bonds. The second kappa shape index (κ2) is 45.9. The lowest BCUT2D eigenvalue weighted by atomic mass is 9.81. The summed E-state index contributed by atoms with van der Waals surface area (Å²) in [7, 11) is 0. The van der Waals surface area contributed by atoms with Gasteiger partial charge in [-0.2, -0.15) is 0 Å². The number of rotatable bonds is 8. The van der Waals surface area contributed by atoms with Gasteiger partial charge in [0.05, 0.1) is 0 Å². The first-order valence-corrected chi connectivity index (χ1v) is 30.7. The van der Waals surface area contributed by atoms with Crippen LogP contribution in [0.4, 0.5) is 0 Å². The summed E-state index contributed by atoms with van der Waals surface area (Å²) < 4.78 is 0. The van der Waals surface area contributed by atoms with Crippen molar-refractivity contribution in [1.82, 2.24) is 0 Å². The van der Waals surface area contributed by atoms with Crippen molar-refractivity contribution in [1.29, 1.82) is 0 Å². The quantitative estimate of drug-likeness (QED) is 0.273. The number of benzene rings is 1. The molecule has 0 saturated heterocycles. The van der Waals surface area contributed by atoms with Crippen LogP contribution in [0.5, 0.6) is 0 Å². The maximum atomic E-state index is 5.34. The van der Waals surface area contributed by atoms with Crippen LogP contribution >= 0.6 is 0 Å². The number of nitrogens with two attached hydrogens (primary N) is 2. The fourth-order valence-electron chi connectivity index (χ4n) is 5.13. The molecule has 0 aliphatic carbocycles. The normalized spacial score (nSPS) is 12.5. The lowest BCUT2D eigenvalue weighted by Crippen LogP contribution is -2.18. The molecule has 0 bridgehead atoms. The summed E-state index contributed by atoms with van der Waals surface area (Å²) in [6.45, 7) is 91.4. The average Bonchev–Trinajstić information content (AvgIpc) is 3.13. The molecule has 0 saturated carbocycles. The Labute approximate surface area is 477 Å². The van der Waals surface area contributed by atoms with E-state index < -0.39 is 0 Å². The molecule has 2 nitrogen and oxygen atoms in total. The third-order valence-electron chi connectivity index (χ3n) is 11.5. The summed E-state index contributed by atoms with van der Waals surface area (Å²) >= 11 is 0. The highest BCUT2D eigenvalue weighted by atomic mass is 14.6. The smallest absolute Gasteiger partial charge is 0.00285 e. The molecule has 0 aromatic heterocycles. The molecule has 4 N–H and O–H groups in total. The van der Waals surface area contributed by atoms with Crippen LogP contribution in [-0.4, -0.2) is 13.1 Å². The molecule has 1 atom stereocenters. The van der Waals surface area contributed by atoms with Crippen LogP contribution in [-0.2, 0) is 6.42 Å². The molecule has 1 aromatic rings. The van der Waals surface area contributed by atoms with Gasteiger partial charge in [-0.25, -0.2) is 0 Å². The van der Waals surface area contributed by atoms with Gasteiger partial charge in [-0.15, -0.1) is 0 Å². The van der Waals surface area contributed by atoms with Gasteiger partial charge in [0.2, 0.25) is 0 Å². The predicted molar refractivity (Wildman–Crippen MR) is 356 cm³/mol. The largest absolute Gasteiger partial charge is 0.330 e. The van der Waals surface area contributed by atoms with Gasteiger partial charge in [-0.1, -0.05) is 339 Å². The highest BCUT2D eigenvalue weighted by Gasteiger charge is 2.17. The third-order valence-corrected chi connectivity index (χ3v) is 11.5. The number of hydrogen-bond acceptors (Lipinski definition) is 2. The molecular formula is C72H158N2. The van der Waals surface area contributed by atoms with E-state index in [1.54, 1.807) is 0 Å². The van der Waals surface area contributed by atoms with E-state index in [2.05, 4.69) is 307 Å². The van der Waals surface area contributed by atoms with Crippen molar-refractivity contribution in [2.75, 3.05) is 13.1 Å². The third kappa shape index (κ3) is 134. The number of unbranched alkanes of at least 4 members (excludes halogenated alkanes) is 1. The van der Waals surface area contributed by atoms with Gasteiger partial charge in [-0.05, 0) is 129 Å². The second-order valence-corrected chi connectivity index (χ2v) is 34.7. The lowest BCUT2D eigenvalue weighted by molar-refractivity contribution is 0.254. The molecule has 0 aliphatic rings. The molecule has 2 heteroatoms. The van der Waals surface area contributed by atoms with Crippen molar-refractivity contribution in [2.45, 2.75) is 348 Å². The summed E-state index contributed by atoms with van der Waals surface area (Å²) in [5.74, 6) is 2.49. The average molecular weight is 1050 g/mol. The Morgan fingerprint density at radius 1 is 0.392 bits per heavy atom. The molecule has 1 unspecified atom stereocenters. The predicted octanol–water partition coefficient (Wildman–Crippen LogP) is 25.4. The van der Waals surface area contributed by atoms with E-state index in [9.17, 15) is 0 Å². The summed E-state index contributed by atoms with van der Waals surface area (Å²) in [6, 6.07) is 10.6. The highest BCUT2D eigenvalue weighted by molar-refractivity contribution is 5.15. The minimum Gasteiger partial charge on any atom is -0.330 e. The van der Waals surface area contributed by atoms with E-state index in [1.807, 2.05) is 0 Å². The van der Waals surface area contributed by atoms with E-state index in [1.165, 1.54) is 63.4 Å². The van der Waals surface area contributed by atoms with Crippen molar-refractivity contribution in [3.8, 4) is 0 Å². The van der Waals surface area contributed by atoms with Gasteiger partial charge in [0.1, 0.15) is 0 Å². The minimum absolute atomic E-state index is 0.319. The van der Waals surface area contributed by atoms with Crippen molar-refractivity contribution in [3.63, 3.8) is 0 Å². The maximum absolute atomic E-state index is 5.34. The van der Waals surface area contributed by atoms with Crippen molar-refractivity contribution >= 4 is 0 Å². The topological polar surface area (TPSA) is 52.0 Å². The molecule has 0 fully saturated rings. The van der Waals surface area contributed by atoms with Crippen LogP contribution in [0.15, 0.2) is 30.3 Å².